The number of halogens is 6. The molecule has 0 aliphatic heterocycles. The van der Waals surface area contributed by atoms with Crippen LogP contribution in [0, 0.1) is 0 Å². The van der Waals surface area contributed by atoms with Crippen LogP contribution in [0.5, 0.6) is 0 Å². The van der Waals surface area contributed by atoms with E-state index in [0.717, 1.165) is 48.8 Å². The van der Waals surface area contributed by atoms with Crippen LogP contribution < -0.4 is 0 Å². The smallest absolute Gasteiger partial charge is 0.152 e. The van der Waals surface area contributed by atoms with Gasteiger partial charge in [-0.3, -0.25) is 0 Å². The van der Waals surface area contributed by atoms with Gasteiger partial charge in [0.15, 0.2) is 5.58 Å². The molecule has 0 bridgehead atoms. The molecule has 0 saturated carbocycles. The van der Waals surface area contributed by atoms with E-state index in [1.807, 2.05) is 12.1 Å². The second kappa shape index (κ2) is 5.39. The first-order chi connectivity index (χ1) is 8.91. The van der Waals surface area contributed by atoms with Gasteiger partial charge in [0.2, 0.25) is 0 Å². The van der Waals surface area contributed by atoms with E-state index in [2.05, 4.69) is 95.6 Å². The normalized spacial score (nSPS) is 11.7. The molecule has 7 heteroatoms. The summed E-state index contributed by atoms with van der Waals surface area (Å²) in [6.07, 6.45) is 0. The number of hydrogen-bond donors (Lipinski definition) is 0. The van der Waals surface area contributed by atoms with E-state index in [4.69, 9.17) is 4.42 Å². The first-order valence-corrected chi connectivity index (χ1v) is 9.70. The zero-order valence-corrected chi connectivity index (χ0v) is 18.3. The maximum absolute atomic E-state index is 5.97. The van der Waals surface area contributed by atoms with Crippen LogP contribution in [-0.2, 0) is 0 Å². The van der Waals surface area contributed by atoms with Gasteiger partial charge in [-0.15, -0.1) is 0 Å². The van der Waals surface area contributed by atoms with Crippen molar-refractivity contribution in [2.75, 3.05) is 0 Å². The predicted octanol–water partition coefficient (Wildman–Crippen LogP) is 8.16. The molecule has 0 aliphatic carbocycles. The van der Waals surface area contributed by atoms with Gasteiger partial charge in [-0.1, -0.05) is 15.9 Å². The Labute approximate surface area is 159 Å². The molecule has 19 heavy (non-hydrogen) atoms. The van der Waals surface area contributed by atoms with Crippen molar-refractivity contribution in [1.82, 2.24) is 0 Å². The first kappa shape index (κ1) is 15.0. The monoisotopic (exact) mass is 636 g/mol. The summed E-state index contributed by atoms with van der Waals surface area (Å²) in [4.78, 5) is 0. The molecular weight excluding hydrogens is 640 g/mol. The summed E-state index contributed by atoms with van der Waals surface area (Å²) in [5.41, 5.74) is 1.62. The molecule has 0 aliphatic rings. The van der Waals surface area contributed by atoms with Crippen LogP contribution in [0.2, 0.25) is 0 Å². The lowest BCUT2D eigenvalue weighted by Crippen LogP contribution is -1.79. The van der Waals surface area contributed by atoms with Crippen molar-refractivity contribution in [2.24, 2.45) is 0 Å². The molecule has 0 radical (unpaired) electrons. The summed E-state index contributed by atoms with van der Waals surface area (Å²) < 4.78 is 11.6. The Kier molecular flexibility index (Phi) is 4.27. The highest BCUT2D eigenvalue weighted by Crippen LogP contribution is 2.48. The van der Waals surface area contributed by atoms with Gasteiger partial charge in [0.05, 0.1) is 8.95 Å². The number of hydrogen-bond acceptors (Lipinski definition) is 1. The summed E-state index contributed by atoms with van der Waals surface area (Å²) in [6.45, 7) is 0. The third-order valence-electron chi connectivity index (χ3n) is 2.70. The van der Waals surface area contributed by atoms with E-state index < -0.39 is 0 Å². The summed E-state index contributed by atoms with van der Waals surface area (Å²) in [6, 6.07) is 3.97. The highest BCUT2D eigenvalue weighted by Gasteiger charge is 2.21. The second-order valence-electron chi connectivity index (χ2n) is 3.82. The van der Waals surface area contributed by atoms with Gasteiger partial charge in [0.25, 0.3) is 0 Å². The van der Waals surface area contributed by atoms with Gasteiger partial charge in [0, 0.05) is 28.7 Å². The molecule has 0 fully saturated rings. The van der Waals surface area contributed by atoms with Gasteiger partial charge in [-0.05, 0) is 91.8 Å². The fraction of sp³-hybridized carbons (Fsp3) is 0. The van der Waals surface area contributed by atoms with E-state index in [-0.39, 0.29) is 0 Å². The summed E-state index contributed by atoms with van der Waals surface area (Å²) in [5.74, 6) is 0. The molecule has 0 unspecified atom stereocenters. The minimum absolute atomic E-state index is 0.802. The molecule has 0 atom stereocenters. The lowest BCUT2D eigenvalue weighted by Gasteiger charge is -2.05. The quantitative estimate of drug-likeness (QED) is 0.178. The third kappa shape index (κ3) is 2.32. The predicted molar refractivity (Wildman–Crippen MR) is 99.9 cm³/mol. The number of benzene rings is 2. The van der Waals surface area contributed by atoms with Crippen molar-refractivity contribution >= 4 is 118 Å². The Bertz CT molecular complexity index is 836. The molecule has 3 rings (SSSR count). The molecule has 0 spiro atoms. The lowest BCUT2D eigenvalue weighted by atomic mass is 10.1. The van der Waals surface area contributed by atoms with Crippen molar-refractivity contribution in [3.8, 4) is 0 Å². The fourth-order valence-corrected chi connectivity index (χ4v) is 5.66. The Hall–Kier alpha value is 1.12. The van der Waals surface area contributed by atoms with E-state index in [1.54, 1.807) is 0 Å². The average molecular weight is 642 g/mol. The highest BCUT2D eigenvalue weighted by molar-refractivity contribution is 9.15. The first-order valence-electron chi connectivity index (χ1n) is 4.95. The van der Waals surface area contributed by atoms with E-state index in [9.17, 15) is 0 Å². The molecule has 98 valence electrons. The molecule has 0 amide bonds. The summed E-state index contributed by atoms with van der Waals surface area (Å²) in [7, 11) is 0. The van der Waals surface area contributed by atoms with Crippen LogP contribution in [0.3, 0.4) is 0 Å². The maximum Gasteiger partial charge on any atom is 0.152 e. The van der Waals surface area contributed by atoms with Crippen LogP contribution >= 0.6 is 95.6 Å². The molecule has 1 nitrogen and oxygen atoms in total. The van der Waals surface area contributed by atoms with Crippen LogP contribution in [-0.4, -0.2) is 0 Å². The molecular formula is C12H2Br6O. The van der Waals surface area contributed by atoms with Crippen molar-refractivity contribution in [3.05, 3.63) is 39.0 Å². The van der Waals surface area contributed by atoms with Gasteiger partial charge in [-0.2, -0.15) is 0 Å². The van der Waals surface area contributed by atoms with Crippen LogP contribution in [0.15, 0.2) is 43.4 Å². The van der Waals surface area contributed by atoms with Crippen molar-refractivity contribution in [3.63, 3.8) is 0 Å². The minimum atomic E-state index is 0.802. The standard InChI is InChI=1S/C12H2Br6O/c13-3-1-4(14)6-5(2-3)19-12-7(6)8(15)9(16)10(17)11(12)18/h1-2H. The number of furan rings is 1. The second-order valence-corrected chi connectivity index (χ2v) is 8.76. The lowest BCUT2D eigenvalue weighted by molar-refractivity contribution is 0.666. The third-order valence-corrected chi connectivity index (χ3v) is 8.52. The van der Waals surface area contributed by atoms with Gasteiger partial charge < -0.3 is 4.42 Å². The van der Waals surface area contributed by atoms with Crippen molar-refractivity contribution in [1.29, 1.82) is 0 Å². The zero-order valence-electron chi connectivity index (χ0n) is 8.83. The van der Waals surface area contributed by atoms with Crippen LogP contribution in [0.4, 0.5) is 0 Å². The van der Waals surface area contributed by atoms with Crippen LogP contribution in [0.1, 0.15) is 0 Å². The van der Waals surface area contributed by atoms with Crippen molar-refractivity contribution in [2.45, 2.75) is 0 Å². The van der Waals surface area contributed by atoms with Crippen molar-refractivity contribution < 1.29 is 4.42 Å². The number of rotatable bonds is 0. The molecule has 2 aromatic carbocycles. The molecule has 0 N–H and O–H groups in total. The largest absolute Gasteiger partial charge is 0.455 e. The Balaban J connectivity index is 2.67. The van der Waals surface area contributed by atoms with Gasteiger partial charge in [-0.25, -0.2) is 0 Å². The van der Waals surface area contributed by atoms with E-state index in [0.29, 0.717) is 0 Å². The molecule has 3 aromatic rings. The minimum Gasteiger partial charge on any atom is -0.455 e. The van der Waals surface area contributed by atoms with Crippen LogP contribution in [0.25, 0.3) is 21.9 Å². The SMILES string of the molecule is Brc1cc(Br)c2c(c1)oc1c(Br)c(Br)c(Br)c(Br)c12. The Morgan fingerprint density at radius 1 is 0.684 bits per heavy atom. The topological polar surface area (TPSA) is 13.1 Å². The number of fused-ring (bicyclic) bond motifs is 3. The van der Waals surface area contributed by atoms with E-state index in [1.165, 1.54) is 0 Å². The van der Waals surface area contributed by atoms with Gasteiger partial charge >= 0.3 is 0 Å². The van der Waals surface area contributed by atoms with E-state index >= 15 is 0 Å². The Morgan fingerprint density at radius 2 is 1.32 bits per heavy atom. The molecule has 1 heterocycles. The fourth-order valence-electron chi connectivity index (χ4n) is 1.91. The maximum atomic E-state index is 5.97. The summed E-state index contributed by atoms with van der Waals surface area (Å²) in [5, 5.41) is 2.07. The highest BCUT2D eigenvalue weighted by atomic mass is 79.9. The summed E-state index contributed by atoms with van der Waals surface area (Å²) >= 11 is 21.4. The molecule has 1 aromatic heterocycles. The average Bonchev–Trinajstić information content (AvgIpc) is 2.73. The Morgan fingerprint density at radius 3 is 2.00 bits per heavy atom. The zero-order chi connectivity index (χ0) is 13.9. The molecule has 0 saturated heterocycles. The van der Waals surface area contributed by atoms with Gasteiger partial charge in [0.1, 0.15) is 5.58 Å².